The van der Waals surface area contributed by atoms with E-state index in [9.17, 15) is 9.59 Å². The largest absolute Gasteiger partial charge is 0.465 e. The van der Waals surface area contributed by atoms with Gasteiger partial charge in [-0.1, -0.05) is 17.7 Å². The fourth-order valence-corrected chi connectivity index (χ4v) is 2.65. The molecule has 1 aromatic heterocycles. The van der Waals surface area contributed by atoms with Gasteiger partial charge in [-0.3, -0.25) is 0 Å². The molecule has 0 amide bonds. The van der Waals surface area contributed by atoms with Crippen molar-refractivity contribution in [3.63, 3.8) is 0 Å². The molecule has 0 fully saturated rings. The molecular weight excluding hydrogens is 348 g/mol. The maximum atomic E-state index is 12.4. The highest BCUT2D eigenvalue weighted by atomic mass is 35.5. The number of nitrogens with zero attached hydrogens (tertiary/aromatic N) is 2. The first kappa shape index (κ1) is 16.8. The maximum absolute atomic E-state index is 12.4. The summed E-state index contributed by atoms with van der Waals surface area (Å²) in [7, 11) is 2.45. The number of halogens is 1. The molecule has 1 aliphatic rings. The number of fused-ring (bicyclic) bond motifs is 1. The zero-order valence-electron chi connectivity index (χ0n) is 13.4. The molecule has 0 radical (unpaired) electrons. The summed E-state index contributed by atoms with van der Waals surface area (Å²) in [5, 5.41) is 0.318. The first-order chi connectivity index (χ1) is 12.1. The summed E-state index contributed by atoms with van der Waals surface area (Å²) in [6, 6.07) is 3.23. The number of rotatable bonds is 3. The van der Waals surface area contributed by atoms with Crippen LogP contribution in [-0.4, -0.2) is 31.1 Å². The Morgan fingerprint density at radius 3 is 2.64 bits per heavy atom. The second-order valence-corrected chi connectivity index (χ2v) is 5.35. The van der Waals surface area contributed by atoms with Crippen LogP contribution in [0.5, 0.6) is 0 Å². The van der Waals surface area contributed by atoms with Crippen molar-refractivity contribution < 1.29 is 23.5 Å². The van der Waals surface area contributed by atoms with E-state index in [0.29, 0.717) is 21.8 Å². The normalized spacial score (nSPS) is 14.0. The van der Waals surface area contributed by atoms with E-state index in [1.165, 1.54) is 31.6 Å². The number of esters is 2. The third-order valence-corrected chi connectivity index (χ3v) is 3.85. The fourth-order valence-electron chi connectivity index (χ4n) is 2.40. The smallest absolute Gasteiger partial charge is 0.355 e. The Kier molecular flexibility index (Phi) is 4.58. The number of carbonyl (C=O) groups excluding carboxylic acids is 2. The predicted molar refractivity (Wildman–Crippen MR) is 90.8 cm³/mol. The minimum atomic E-state index is -0.717. The molecule has 3 rings (SSSR count). The summed E-state index contributed by atoms with van der Waals surface area (Å²) in [4.78, 5) is 30.0. The highest BCUT2D eigenvalue weighted by molar-refractivity contribution is 6.34. The summed E-state index contributed by atoms with van der Waals surface area (Å²) in [5.41, 5.74) is 1.48. The Bertz CT molecular complexity index is 942. The molecule has 0 N–H and O–H groups in total. The molecule has 0 aliphatic carbocycles. The number of benzene rings is 1. The average Bonchev–Trinajstić information content (AvgIpc) is 2.95. The molecule has 25 heavy (non-hydrogen) atoms. The van der Waals surface area contributed by atoms with Crippen LogP contribution in [0, 0.1) is 0 Å². The Labute approximate surface area is 147 Å². The van der Waals surface area contributed by atoms with E-state index in [1.807, 2.05) is 0 Å². The van der Waals surface area contributed by atoms with Gasteiger partial charge in [0.1, 0.15) is 11.2 Å². The van der Waals surface area contributed by atoms with E-state index < -0.39 is 11.9 Å². The van der Waals surface area contributed by atoms with E-state index in [-0.39, 0.29) is 11.3 Å². The predicted octanol–water partition coefficient (Wildman–Crippen LogP) is 2.97. The first-order valence-electron chi connectivity index (χ1n) is 7.14. The number of hydrogen-bond donors (Lipinski definition) is 0. The number of aromatic nitrogens is 1. The molecular formula is C17H13ClN2O5. The topological polar surface area (TPSA) is 81.9 Å². The molecule has 2 heterocycles. The maximum Gasteiger partial charge on any atom is 0.355 e. The van der Waals surface area contributed by atoms with Crippen molar-refractivity contribution in [2.45, 2.75) is 0 Å². The van der Waals surface area contributed by atoms with E-state index in [4.69, 9.17) is 25.5 Å². The Hall–Kier alpha value is -3.06. The van der Waals surface area contributed by atoms with E-state index in [2.05, 4.69) is 4.98 Å². The van der Waals surface area contributed by atoms with E-state index in [1.54, 1.807) is 30.5 Å². The van der Waals surface area contributed by atoms with E-state index >= 15 is 0 Å². The highest BCUT2D eigenvalue weighted by Gasteiger charge is 2.28. The van der Waals surface area contributed by atoms with Gasteiger partial charge in [-0.2, -0.15) is 0 Å². The Balaban J connectivity index is 2.24. The number of hydrogen-bond acceptors (Lipinski definition) is 7. The second kappa shape index (κ2) is 6.82. The SMILES string of the molecule is COC(=O)C1=C(C(=O)OC)N(c2cc3ocnc3cc2Cl)C=CC=C1. The molecule has 1 aliphatic heterocycles. The van der Waals surface area contributed by atoms with Crippen molar-refractivity contribution in [2.75, 3.05) is 19.1 Å². The Morgan fingerprint density at radius 1 is 1.16 bits per heavy atom. The summed E-state index contributed by atoms with van der Waals surface area (Å²) in [5.74, 6) is -1.40. The number of ether oxygens (including phenoxy) is 2. The monoisotopic (exact) mass is 360 g/mol. The number of allylic oxidation sites excluding steroid dienone is 2. The number of oxazole rings is 1. The standard InChI is InChI=1S/C17H13ClN2O5/c1-23-16(21)10-5-3-4-6-20(15(10)17(22)24-2)13-8-14-12(7-11(13)18)19-9-25-14/h3-9H,1-2H3. The van der Waals surface area contributed by atoms with Crippen LogP contribution in [0.4, 0.5) is 5.69 Å². The lowest BCUT2D eigenvalue weighted by atomic mass is 10.1. The molecule has 0 atom stereocenters. The molecule has 0 spiro atoms. The zero-order valence-corrected chi connectivity index (χ0v) is 14.1. The van der Waals surface area contributed by atoms with Crippen LogP contribution in [0.1, 0.15) is 0 Å². The van der Waals surface area contributed by atoms with Crippen molar-refractivity contribution in [1.29, 1.82) is 0 Å². The average molecular weight is 361 g/mol. The second-order valence-electron chi connectivity index (χ2n) is 4.94. The van der Waals surface area contributed by atoms with Crippen LogP contribution in [0.25, 0.3) is 11.1 Å². The quantitative estimate of drug-likeness (QED) is 0.778. The molecule has 128 valence electrons. The van der Waals surface area contributed by atoms with E-state index in [0.717, 1.165) is 0 Å². The molecule has 0 unspecified atom stereocenters. The summed E-state index contributed by atoms with van der Waals surface area (Å²) >= 11 is 6.35. The first-order valence-corrected chi connectivity index (χ1v) is 7.52. The van der Waals surface area contributed by atoms with Crippen LogP contribution in [0.15, 0.2) is 58.6 Å². The van der Waals surface area contributed by atoms with Gasteiger partial charge >= 0.3 is 11.9 Å². The van der Waals surface area contributed by atoms with Gasteiger partial charge in [0.05, 0.1) is 30.5 Å². The van der Waals surface area contributed by atoms with Crippen molar-refractivity contribution >= 4 is 40.3 Å². The van der Waals surface area contributed by atoms with Crippen LogP contribution >= 0.6 is 11.6 Å². The van der Waals surface area contributed by atoms with Gasteiger partial charge in [0.15, 0.2) is 12.0 Å². The summed E-state index contributed by atoms with van der Waals surface area (Å²) in [6.07, 6.45) is 7.61. The van der Waals surface area contributed by atoms with Gasteiger partial charge in [0.2, 0.25) is 0 Å². The molecule has 0 saturated heterocycles. The third-order valence-electron chi connectivity index (χ3n) is 3.55. The van der Waals surface area contributed by atoms with Crippen molar-refractivity contribution in [3.8, 4) is 0 Å². The van der Waals surface area contributed by atoms with Crippen LogP contribution in [0.2, 0.25) is 5.02 Å². The molecule has 1 aromatic carbocycles. The summed E-state index contributed by atoms with van der Waals surface area (Å²) < 4.78 is 14.9. The molecule has 7 nitrogen and oxygen atoms in total. The number of methoxy groups -OCH3 is 2. The van der Waals surface area contributed by atoms with Gasteiger partial charge in [-0.05, 0) is 18.2 Å². The van der Waals surface area contributed by atoms with Crippen LogP contribution < -0.4 is 4.90 Å². The van der Waals surface area contributed by atoms with Gasteiger partial charge in [-0.15, -0.1) is 0 Å². The van der Waals surface area contributed by atoms with Crippen LogP contribution in [0.3, 0.4) is 0 Å². The lowest BCUT2D eigenvalue weighted by molar-refractivity contribution is -0.139. The number of carbonyl (C=O) groups is 2. The molecule has 8 heteroatoms. The van der Waals surface area contributed by atoms with Crippen molar-refractivity contribution in [3.05, 3.63) is 59.2 Å². The van der Waals surface area contributed by atoms with Gasteiger partial charge in [0.25, 0.3) is 0 Å². The summed E-state index contributed by atoms with van der Waals surface area (Å²) in [6.45, 7) is 0. The van der Waals surface area contributed by atoms with Crippen LogP contribution in [-0.2, 0) is 19.1 Å². The number of anilines is 1. The zero-order chi connectivity index (χ0) is 18.0. The van der Waals surface area contributed by atoms with Gasteiger partial charge in [0, 0.05) is 12.3 Å². The fraction of sp³-hybridized carbons (Fsp3) is 0.118. The lowest BCUT2D eigenvalue weighted by Gasteiger charge is -2.23. The molecule has 0 saturated carbocycles. The Morgan fingerprint density at radius 2 is 1.92 bits per heavy atom. The van der Waals surface area contributed by atoms with Gasteiger partial charge < -0.3 is 18.8 Å². The third kappa shape index (κ3) is 3.01. The van der Waals surface area contributed by atoms with Gasteiger partial charge in [-0.25, -0.2) is 14.6 Å². The lowest BCUT2D eigenvalue weighted by Crippen LogP contribution is -2.27. The van der Waals surface area contributed by atoms with Crippen molar-refractivity contribution in [1.82, 2.24) is 4.98 Å². The highest BCUT2D eigenvalue weighted by Crippen LogP contribution is 2.35. The molecule has 0 bridgehead atoms. The minimum Gasteiger partial charge on any atom is -0.465 e. The van der Waals surface area contributed by atoms with Crippen molar-refractivity contribution in [2.24, 2.45) is 0 Å². The molecule has 2 aromatic rings. The minimum absolute atomic E-state index is 0.0277.